The van der Waals surface area contributed by atoms with Gasteiger partial charge in [0.15, 0.2) is 0 Å². The summed E-state index contributed by atoms with van der Waals surface area (Å²) in [5, 5.41) is 9.41. The van der Waals surface area contributed by atoms with Crippen LogP contribution in [0.5, 0.6) is 0 Å². The van der Waals surface area contributed by atoms with E-state index in [1.54, 1.807) is 0 Å². The summed E-state index contributed by atoms with van der Waals surface area (Å²) in [6, 6.07) is -0.457. The molecular weight excluding hydrogens is 318 g/mol. The molecule has 2 saturated heterocycles. The Kier molecular flexibility index (Phi) is 4.22. The molecule has 0 aromatic rings. The maximum atomic E-state index is 12.6. The number of fused-ring (bicyclic) bond motifs is 3. The highest BCUT2D eigenvalue weighted by molar-refractivity contribution is 5.77. The van der Waals surface area contributed by atoms with Gasteiger partial charge in [0.05, 0.1) is 5.92 Å². The minimum absolute atomic E-state index is 0.0948. The lowest BCUT2D eigenvalue weighted by Gasteiger charge is -2.28. The lowest BCUT2D eigenvalue weighted by Crippen LogP contribution is -2.42. The maximum absolute atomic E-state index is 12.6. The Morgan fingerprint density at radius 1 is 1.20 bits per heavy atom. The van der Waals surface area contributed by atoms with Gasteiger partial charge in [-0.3, -0.25) is 14.5 Å². The van der Waals surface area contributed by atoms with Crippen molar-refractivity contribution in [3.8, 4) is 0 Å². The number of likely N-dealkylation sites (tertiary alicyclic amines) is 1. The van der Waals surface area contributed by atoms with Crippen molar-refractivity contribution in [2.24, 2.45) is 23.7 Å². The van der Waals surface area contributed by atoms with Crippen molar-refractivity contribution in [2.45, 2.75) is 50.7 Å². The van der Waals surface area contributed by atoms with Crippen LogP contribution in [-0.2, 0) is 14.3 Å². The van der Waals surface area contributed by atoms with Gasteiger partial charge in [-0.2, -0.15) is 0 Å². The molecule has 2 heterocycles. The lowest BCUT2D eigenvalue weighted by molar-refractivity contribution is -0.148. The van der Waals surface area contributed by atoms with Gasteiger partial charge in [-0.25, -0.2) is 0 Å². The number of ether oxygens (including phenoxy) is 1. The number of carbonyl (C=O) groups is 2. The average molecular weight is 345 g/mol. The van der Waals surface area contributed by atoms with Crippen LogP contribution in [0.25, 0.3) is 0 Å². The summed E-state index contributed by atoms with van der Waals surface area (Å²) in [4.78, 5) is 26.1. The minimum atomic E-state index is -0.779. The summed E-state index contributed by atoms with van der Waals surface area (Å²) < 4.78 is 5.88. The molecular formula is C20H27NO4. The zero-order valence-electron chi connectivity index (χ0n) is 14.7. The van der Waals surface area contributed by atoms with Crippen LogP contribution < -0.4 is 0 Å². The average Bonchev–Trinajstić information content (AvgIpc) is 3.22. The topological polar surface area (TPSA) is 66.8 Å². The van der Waals surface area contributed by atoms with Gasteiger partial charge in [-0.05, 0) is 51.0 Å². The number of aliphatic carboxylic acids is 1. The summed E-state index contributed by atoms with van der Waals surface area (Å²) in [7, 11) is 0. The Bertz CT molecular complexity index is 627. The number of allylic oxidation sites excluding steroid dienone is 1. The molecule has 4 fully saturated rings. The van der Waals surface area contributed by atoms with Crippen molar-refractivity contribution in [2.75, 3.05) is 13.1 Å². The van der Waals surface area contributed by atoms with Crippen LogP contribution in [0.15, 0.2) is 24.3 Å². The monoisotopic (exact) mass is 345 g/mol. The molecule has 4 rings (SSSR count). The zero-order chi connectivity index (χ0) is 17.7. The van der Waals surface area contributed by atoms with Crippen molar-refractivity contribution < 1.29 is 19.4 Å². The normalized spacial score (nSPS) is 41.4. The molecule has 0 radical (unpaired) electrons. The first-order chi connectivity index (χ1) is 12.0. The van der Waals surface area contributed by atoms with Gasteiger partial charge < -0.3 is 9.84 Å². The number of esters is 1. The van der Waals surface area contributed by atoms with Gasteiger partial charge >= 0.3 is 11.9 Å². The molecule has 25 heavy (non-hydrogen) atoms. The van der Waals surface area contributed by atoms with E-state index in [1.807, 2.05) is 4.90 Å². The van der Waals surface area contributed by atoms with Gasteiger partial charge in [-0.1, -0.05) is 24.3 Å². The van der Waals surface area contributed by atoms with Crippen molar-refractivity contribution in [3.05, 3.63) is 24.3 Å². The molecule has 2 aliphatic carbocycles. The van der Waals surface area contributed by atoms with Crippen LogP contribution in [-0.4, -0.2) is 47.2 Å². The molecule has 4 unspecified atom stereocenters. The third kappa shape index (κ3) is 2.73. The summed E-state index contributed by atoms with van der Waals surface area (Å²) in [6.45, 7) is 9.80. The van der Waals surface area contributed by atoms with Crippen molar-refractivity contribution in [1.82, 2.24) is 4.90 Å². The van der Waals surface area contributed by atoms with E-state index in [-0.39, 0.29) is 29.8 Å². The summed E-state index contributed by atoms with van der Waals surface area (Å²) >= 11 is 0. The predicted octanol–water partition coefficient (Wildman–Crippen LogP) is 2.63. The SMILES string of the molecule is C=C1CC[C@H]2C(CN3CCC[C@H]3C(=O)O)C(=O)OC2C2C(=C)CCC12. The van der Waals surface area contributed by atoms with Crippen LogP contribution in [0.2, 0.25) is 0 Å². The third-order valence-corrected chi connectivity index (χ3v) is 6.93. The second kappa shape index (κ2) is 6.27. The summed E-state index contributed by atoms with van der Waals surface area (Å²) in [6.07, 6.45) is 5.36. The first-order valence-corrected chi connectivity index (χ1v) is 9.50. The van der Waals surface area contributed by atoms with E-state index in [2.05, 4.69) is 13.2 Å². The molecule has 0 aromatic carbocycles. The highest BCUT2D eigenvalue weighted by Gasteiger charge is 2.54. The molecule has 2 aliphatic heterocycles. The molecule has 136 valence electrons. The Morgan fingerprint density at radius 3 is 2.72 bits per heavy atom. The van der Waals surface area contributed by atoms with Gasteiger partial charge in [-0.15, -0.1) is 0 Å². The van der Waals surface area contributed by atoms with Crippen LogP contribution in [0, 0.1) is 23.7 Å². The van der Waals surface area contributed by atoms with Crippen LogP contribution in [0.3, 0.4) is 0 Å². The minimum Gasteiger partial charge on any atom is -0.480 e. The van der Waals surface area contributed by atoms with Gasteiger partial charge in [0.25, 0.3) is 0 Å². The molecule has 1 N–H and O–H groups in total. The highest BCUT2D eigenvalue weighted by atomic mass is 16.6. The van der Waals surface area contributed by atoms with E-state index in [9.17, 15) is 14.7 Å². The summed E-state index contributed by atoms with van der Waals surface area (Å²) in [5.74, 6) is -0.375. The predicted molar refractivity (Wildman–Crippen MR) is 92.8 cm³/mol. The first-order valence-electron chi connectivity index (χ1n) is 9.50. The van der Waals surface area contributed by atoms with Gasteiger partial charge in [0, 0.05) is 18.4 Å². The lowest BCUT2D eigenvalue weighted by atomic mass is 9.79. The van der Waals surface area contributed by atoms with Gasteiger partial charge in [0.1, 0.15) is 12.1 Å². The summed E-state index contributed by atoms with van der Waals surface area (Å²) in [5.41, 5.74) is 2.47. The second-order valence-electron chi connectivity index (χ2n) is 8.19. The molecule has 5 nitrogen and oxygen atoms in total. The van der Waals surface area contributed by atoms with Gasteiger partial charge in [0.2, 0.25) is 0 Å². The molecule has 0 amide bonds. The van der Waals surface area contributed by atoms with E-state index in [0.717, 1.165) is 38.6 Å². The number of rotatable bonds is 3. The van der Waals surface area contributed by atoms with Crippen molar-refractivity contribution in [3.63, 3.8) is 0 Å². The second-order valence-corrected chi connectivity index (χ2v) is 8.19. The molecule has 0 aromatic heterocycles. The van der Waals surface area contributed by atoms with Crippen LogP contribution in [0.4, 0.5) is 0 Å². The Morgan fingerprint density at radius 2 is 1.96 bits per heavy atom. The Balaban J connectivity index is 1.56. The first kappa shape index (κ1) is 16.8. The molecule has 4 aliphatic rings. The standard InChI is InChI=1S/C20H27NO4/c1-11-5-8-14-15(10-21-9-3-4-16(21)19(22)23)20(24)25-18(14)17-12(2)6-7-13(11)17/h13-18H,1-10H2,(H,22,23)/t13?,14-,15?,16-,17?,18?/m0/s1. The van der Waals surface area contributed by atoms with E-state index in [4.69, 9.17) is 4.74 Å². The van der Waals surface area contributed by atoms with Crippen LogP contribution >= 0.6 is 0 Å². The Hall–Kier alpha value is -1.62. The van der Waals surface area contributed by atoms with E-state index < -0.39 is 12.0 Å². The molecule has 0 bridgehead atoms. The largest absolute Gasteiger partial charge is 0.480 e. The molecule has 6 atom stereocenters. The fourth-order valence-electron chi connectivity index (χ4n) is 5.63. The maximum Gasteiger partial charge on any atom is 0.320 e. The van der Waals surface area contributed by atoms with Crippen molar-refractivity contribution >= 4 is 11.9 Å². The molecule has 5 heteroatoms. The number of carboxylic acid groups (broad SMARTS) is 1. The number of hydrogen-bond donors (Lipinski definition) is 1. The van der Waals surface area contributed by atoms with E-state index in [1.165, 1.54) is 11.1 Å². The quantitative estimate of drug-likeness (QED) is 0.629. The molecule has 0 spiro atoms. The van der Waals surface area contributed by atoms with Crippen molar-refractivity contribution in [1.29, 1.82) is 0 Å². The Labute approximate surface area is 148 Å². The third-order valence-electron chi connectivity index (χ3n) is 6.93. The van der Waals surface area contributed by atoms with Crippen LogP contribution in [0.1, 0.15) is 38.5 Å². The van der Waals surface area contributed by atoms with E-state index >= 15 is 0 Å². The number of nitrogens with zero attached hydrogens (tertiary/aromatic N) is 1. The zero-order valence-corrected chi connectivity index (χ0v) is 14.7. The fourth-order valence-corrected chi connectivity index (χ4v) is 5.63. The highest BCUT2D eigenvalue weighted by Crippen LogP contribution is 2.52. The fraction of sp³-hybridized carbons (Fsp3) is 0.700. The van der Waals surface area contributed by atoms with E-state index in [0.29, 0.717) is 18.9 Å². The smallest absolute Gasteiger partial charge is 0.320 e. The number of carboxylic acids is 1. The number of carbonyl (C=O) groups excluding carboxylic acids is 1. The molecule has 2 saturated carbocycles. The number of hydrogen-bond acceptors (Lipinski definition) is 4.